The van der Waals surface area contributed by atoms with Crippen molar-refractivity contribution in [1.29, 1.82) is 0 Å². The summed E-state index contributed by atoms with van der Waals surface area (Å²) in [4.78, 5) is 20.3. The molecule has 0 unspecified atom stereocenters. The van der Waals surface area contributed by atoms with Gasteiger partial charge < -0.3 is 5.11 Å². The van der Waals surface area contributed by atoms with E-state index in [9.17, 15) is 33.2 Å². The van der Waals surface area contributed by atoms with Gasteiger partial charge in [0, 0.05) is 12.1 Å². The number of phenols is 1. The molecule has 0 saturated heterocycles. The van der Waals surface area contributed by atoms with Crippen LogP contribution in [-0.2, 0) is 6.18 Å². The first-order chi connectivity index (χ1) is 7.64. The van der Waals surface area contributed by atoms with Crippen LogP contribution < -0.4 is 0 Å². The molecule has 0 heterocycles. The van der Waals surface area contributed by atoms with E-state index in [0.717, 1.165) is 6.92 Å². The number of benzene rings is 1. The van der Waals surface area contributed by atoms with Crippen LogP contribution in [0.25, 0.3) is 0 Å². The molecule has 0 spiro atoms. The number of nitro groups is 1. The second-order valence-corrected chi connectivity index (χ2v) is 3.20. The summed E-state index contributed by atoms with van der Waals surface area (Å²) in [6.07, 6.45) is -4.97. The van der Waals surface area contributed by atoms with Gasteiger partial charge in [-0.05, 0) is 6.92 Å². The molecule has 0 aliphatic heterocycles. The largest absolute Gasteiger partial charge is 0.507 e. The fourth-order valence-electron chi connectivity index (χ4n) is 1.21. The average Bonchev–Trinajstić information content (AvgIpc) is 2.15. The van der Waals surface area contributed by atoms with E-state index in [1.54, 1.807) is 0 Å². The molecule has 0 saturated carbocycles. The molecular weight excluding hydrogens is 243 g/mol. The van der Waals surface area contributed by atoms with Gasteiger partial charge in [0.2, 0.25) is 0 Å². The number of nitro benzene ring substituents is 1. The summed E-state index contributed by atoms with van der Waals surface area (Å²) in [6.45, 7) is 0.902. The predicted molar refractivity (Wildman–Crippen MR) is 49.8 cm³/mol. The number of alkyl halides is 3. The number of hydrogen-bond acceptors (Lipinski definition) is 4. The van der Waals surface area contributed by atoms with Gasteiger partial charge in [0.15, 0.2) is 5.78 Å². The molecule has 1 aromatic rings. The number of carbonyl (C=O) groups excluding carboxylic acids is 1. The minimum atomic E-state index is -4.97. The van der Waals surface area contributed by atoms with Crippen molar-refractivity contribution < 1.29 is 28.0 Å². The quantitative estimate of drug-likeness (QED) is 0.496. The summed E-state index contributed by atoms with van der Waals surface area (Å²) < 4.78 is 37.3. The lowest BCUT2D eigenvalue weighted by Crippen LogP contribution is -2.09. The van der Waals surface area contributed by atoms with Crippen LogP contribution in [0.4, 0.5) is 18.9 Å². The topological polar surface area (TPSA) is 80.4 Å². The highest BCUT2D eigenvalue weighted by molar-refractivity contribution is 5.97. The summed E-state index contributed by atoms with van der Waals surface area (Å²) in [6, 6.07) is 0.786. The first kappa shape index (κ1) is 12.9. The zero-order chi connectivity index (χ0) is 13.4. The van der Waals surface area contributed by atoms with Gasteiger partial charge in [-0.25, -0.2) is 0 Å². The lowest BCUT2D eigenvalue weighted by Gasteiger charge is -2.10. The highest BCUT2D eigenvalue weighted by atomic mass is 19.4. The van der Waals surface area contributed by atoms with Crippen LogP contribution in [0.1, 0.15) is 22.8 Å². The maximum absolute atomic E-state index is 12.4. The zero-order valence-corrected chi connectivity index (χ0v) is 8.41. The van der Waals surface area contributed by atoms with Crippen LogP contribution >= 0.6 is 0 Å². The molecular formula is C9H6F3NO4. The Labute approximate surface area is 92.6 Å². The van der Waals surface area contributed by atoms with Crippen LogP contribution in [-0.4, -0.2) is 15.8 Å². The molecule has 8 heteroatoms. The Hall–Kier alpha value is -2.12. The average molecular weight is 249 g/mol. The lowest BCUT2D eigenvalue weighted by molar-refractivity contribution is -0.385. The molecule has 0 aromatic heterocycles. The van der Waals surface area contributed by atoms with Crippen molar-refractivity contribution in [1.82, 2.24) is 0 Å². The predicted octanol–water partition coefficient (Wildman–Crippen LogP) is 2.52. The summed E-state index contributed by atoms with van der Waals surface area (Å²) in [5.41, 5.74) is -3.23. The van der Waals surface area contributed by atoms with Crippen molar-refractivity contribution in [3.8, 4) is 5.75 Å². The number of non-ortho nitro benzene ring substituents is 1. The Morgan fingerprint density at radius 1 is 1.41 bits per heavy atom. The van der Waals surface area contributed by atoms with Crippen LogP contribution in [0.5, 0.6) is 5.75 Å². The van der Waals surface area contributed by atoms with Gasteiger partial charge in [-0.2, -0.15) is 13.2 Å². The fraction of sp³-hybridized carbons (Fsp3) is 0.222. The first-order valence-corrected chi connectivity index (χ1v) is 4.24. The van der Waals surface area contributed by atoms with Crippen LogP contribution in [0, 0.1) is 10.1 Å². The van der Waals surface area contributed by atoms with Crippen LogP contribution in [0.15, 0.2) is 12.1 Å². The Balaban J connectivity index is 3.60. The maximum Gasteiger partial charge on any atom is 0.420 e. The second kappa shape index (κ2) is 4.04. The standard InChI is InChI=1S/C9H6F3NO4/c1-4(14)6-2-5(13(16)17)3-7(8(6)15)9(10,11)12/h2-3,15H,1H3. The highest BCUT2D eigenvalue weighted by Crippen LogP contribution is 2.40. The van der Waals surface area contributed by atoms with E-state index in [1.165, 1.54) is 0 Å². The molecule has 0 atom stereocenters. The number of halogens is 3. The van der Waals surface area contributed by atoms with Gasteiger partial charge in [-0.1, -0.05) is 0 Å². The third-order valence-electron chi connectivity index (χ3n) is 1.99. The third kappa shape index (κ3) is 2.52. The fourth-order valence-corrected chi connectivity index (χ4v) is 1.21. The van der Waals surface area contributed by atoms with E-state index < -0.39 is 39.4 Å². The lowest BCUT2D eigenvalue weighted by atomic mass is 10.0. The van der Waals surface area contributed by atoms with Gasteiger partial charge in [0.05, 0.1) is 10.5 Å². The third-order valence-corrected chi connectivity index (χ3v) is 1.99. The van der Waals surface area contributed by atoms with Crippen LogP contribution in [0.2, 0.25) is 0 Å². The normalized spacial score (nSPS) is 11.3. The maximum atomic E-state index is 12.4. The second-order valence-electron chi connectivity index (χ2n) is 3.20. The molecule has 0 aliphatic carbocycles. The number of aromatic hydroxyl groups is 1. The molecule has 17 heavy (non-hydrogen) atoms. The van der Waals surface area contributed by atoms with E-state index in [2.05, 4.69) is 0 Å². The summed E-state index contributed by atoms with van der Waals surface area (Å²) in [5.74, 6) is -2.19. The Morgan fingerprint density at radius 3 is 2.29 bits per heavy atom. The van der Waals surface area contributed by atoms with E-state index in [4.69, 9.17) is 0 Å². The minimum Gasteiger partial charge on any atom is -0.507 e. The molecule has 0 amide bonds. The number of Topliss-reactive ketones (excluding diaryl/α,β-unsaturated/α-hetero) is 1. The number of phenolic OH excluding ortho intramolecular Hbond substituents is 1. The van der Waals surface area contributed by atoms with E-state index in [1.807, 2.05) is 0 Å². The Morgan fingerprint density at radius 2 is 1.94 bits per heavy atom. The monoisotopic (exact) mass is 249 g/mol. The molecule has 5 nitrogen and oxygen atoms in total. The number of ketones is 1. The van der Waals surface area contributed by atoms with E-state index >= 15 is 0 Å². The van der Waals surface area contributed by atoms with Crippen molar-refractivity contribution in [2.45, 2.75) is 13.1 Å². The van der Waals surface area contributed by atoms with Crippen molar-refractivity contribution in [3.63, 3.8) is 0 Å². The molecule has 0 aliphatic rings. The summed E-state index contributed by atoms with van der Waals surface area (Å²) >= 11 is 0. The number of rotatable bonds is 2. The van der Waals surface area contributed by atoms with Gasteiger partial charge in [0.1, 0.15) is 11.3 Å². The number of nitrogens with zero attached hydrogens (tertiary/aromatic N) is 1. The van der Waals surface area contributed by atoms with Gasteiger partial charge >= 0.3 is 6.18 Å². The van der Waals surface area contributed by atoms with Gasteiger partial charge in [-0.15, -0.1) is 0 Å². The number of carbonyl (C=O) groups is 1. The molecule has 0 bridgehead atoms. The van der Waals surface area contributed by atoms with Crippen molar-refractivity contribution in [3.05, 3.63) is 33.4 Å². The van der Waals surface area contributed by atoms with Crippen LogP contribution in [0.3, 0.4) is 0 Å². The van der Waals surface area contributed by atoms with E-state index in [0.29, 0.717) is 6.07 Å². The van der Waals surface area contributed by atoms with Gasteiger partial charge in [-0.3, -0.25) is 14.9 Å². The smallest absolute Gasteiger partial charge is 0.420 e. The summed E-state index contributed by atoms with van der Waals surface area (Å²) in [5, 5.41) is 19.6. The Kier molecular flexibility index (Phi) is 3.08. The Bertz CT molecular complexity index is 496. The first-order valence-electron chi connectivity index (χ1n) is 4.24. The summed E-state index contributed by atoms with van der Waals surface area (Å²) in [7, 11) is 0. The molecule has 92 valence electrons. The highest BCUT2D eigenvalue weighted by Gasteiger charge is 2.37. The minimum absolute atomic E-state index is 0.182. The molecule has 1 rings (SSSR count). The number of hydrogen-bond donors (Lipinski definition) is 1. The van der Waals surface area contributed by atoms with Crippen molar-refractivity contribution in [2.75, 3.05) is 0 Å². The zero-order valence-electron chi connectivity index (χ0n) is 8.41. The van der Waals surface area contributed by atoms with E-state index in [-0.39, 0.29) is 6.07 Å². The van der Waals surface area contributed by atoms with Crippen molar-refractivity contribution >= 4 is 11.5 Å². The van der Waals surface area contributed by atoms with Gasteiger partial charge in [0.25, 0.3) is 5.69 Å². The molecule has 1 N–H and O–H groups in total. The van der Waals surface area contributed by atoms with Crippen molar-refractivity contribution in [2.24, 2.45) is 0 Å². The SMILES string of the molecule is CC(=O)c1cc([N+](=O)[O-])cc(C(F)(F)F)c1O. The molecule has 0 radical (unpaired) electrons. The molecule has 0 fully saturated rings. The molecule has 1 aromatic carbocycles.